The number of aryl methyl sites for hydroxylation is 1. The van der Waals surface area contributed by atoms with Gasteiger partial charge in [-0.25, -0.2) is 0 Å². The van der Waals surface area contributed by atoms with Crippen LogP contribution in [0.15, 0.2) is 35.7 Å². The molecular formula is C19H23ClN2O3S. The van der Waals surface area contributed by atoms with E-state index in [0.29, 0.717) is 17.3 Å². The number of carbonyl (C=O) groups is 1. The normalized spacial score (nSPS) is 16.2. The molecule has 2 heterocycles. The monoisotopic (exact) mass is 394 g/mol. The van der Waals surface area contributed by atoms with Crippen LogP contribution in [0.5, 0.6) is 5.75 Å². The summed E-state index contributed by atoms with van der Waals surface area (Å²) in [4.78, 5) is 15.9. The lowest BCUT2D eigenvalue weighted by molar-refractivity contribution is -0.123. The Labute approximate surface area is 162 Å². The number of thiophene rings is 1. The Balaban J connectivity index is 1.53. The molecule has 0 bridgehead atoms. The average molecular weight is 395 g/mol. The van der Waals surface area contributed by atoms with Crippen LogP contribution in [0.25, 0.3) is 0 Å². The molecule has 0 saturated carbocycles. The summed E-state index contributed by atoms with van der Waals surface area (Å²) in [5, 5.41) is 5.73. The quantitative estimate of drug-likeness (QED) is 0.783. The van der Waals surface area contributed by atoms with Gasteiger partial charge in [0.25, 0.3) is 5.91 Å². The number of ether oxygens (including phenoxy) is 2. The predicted octanol–water partition coefficient (Wildman–Crippen LogP) is 3.28. The molecule has 140 valence electrons. The molecule has 26 heavy (non-hydrogen) atoms. The number of amides is 1. The topological polar surface area (TPSA) is 50.8 Å². The molecule has 1 N–H and O–H groups in total. The lowest BCUT2D eigenvalue weighted by Crippen LogP contribution is -2.44. The molecule has 2 aromatic rings. The van der Waals surface area contributed by atoms with Crippen molar-refractivity contribution in [2.45, 2.75) is 13.0 Å². The van der Waals surface area contributed by atoms with E-state index < -0.39 is 0 Å². The summed E-state index contributed by atoms with van der Waals surface area (Å²) < 4.78 is 11.1. The fraction of sp³-hybridized carbons (Fsp3) is 0.421. The molecule has 1 atom stereocenters. The number of morpholine rings is 1. The zero-order chi connectivity index (χ0) is 18.4. The molecule has 1 aliphatic rings. The molecule has 3 rings (SSSR count). The van der Waals surface area contributed by atoms with Crippen molar-refractivity contribution in [1.82, 2.24) is 10.2 Å². The SMILES string of the molecule is Cc1cc(Cl)ccc1OCC(=O)NC[C@H](c1cccs1)N1CCOCC1. The van der Waals surface area contributed by atoms with Gasteiger partial charge in [0.1, 0.15) is 5.75 Å². The molecule has 0 radical (unpaired) electrons. The highest BCUT2D eigenvalue weighted by Gasteiger charge is 2.24. The van der Waals surface area contributed by atoms with Gasteiger partial charge >= 0.3 is 0 Å². The Kier molecular flexibility index (Phi) is 6.91. The third kappa shape index (κ3) is 5.20. The minimum absolute atomic E-state index is 0.0112. The van der Waals surface area contributed by atoms with Crippen molar-refractivity contribution in [3.63, 3.8) is 0 Å². The zero-order valence-corrected chi connectivity index (χ0v) is 16.3. The largest absolute Gasteiger partial charge is 0.484 e. The van der Waals surface area contributed by atoms with Crippen molar-refractivity contribution in [3.05, 3.63) is 51.2 Å². The van der Waals surface area contributed by atoms with Crippen molar-refractivity contribution >= 4 is 28.8 Å². The van der Waals surface area contributed by atoms with Gasteiger partial charge in [0.2, 0.25) is 0 Å². The van der Waals surface area contributed by atoms with E-state index in [1.165, 1.54) is 4.88 Å². The van der Waals surface area contributed by atoms with E-state index in [1.807, 2.05) is 19.1 Å². The van der Waals surface area contributed by atoms with Crippen LogP contribution in [0.1, 0.15) is 16.5 Å². The molecule has 1 aromatic carbocycles. The molecule has 0 aliphatic carbocycles. The highest BCUT2D eigenvalue weighted by Crippen LogP contribution is 2.25. The first-order valence-electron chi connectivity index (χ1n) is 8.64. The van der Waals surface area contributed by atoms with Crippen LogP contribution in [0.3, 0.4) is 0 Å². The van der Waals surface area contributed by atoms with Gasteiger partial charge in [-0.2, -0.15) is 0 Å². The summed E-state index contributed by atoms with van der Waals surface area (Å²) in [6.45, 7) is 5.66. The molecular weight excluding hydrogens is 372 g/mol. The van der Waals surface area contributed by atoms with Crippen molar-refractivity contribution in [2.24, 2.45) is 0 Å². The smallest absolute Gasteiger partial charge is 0.258 e. The van der Waals surface area contributed by atoms with Gasteiger partial charge in [-0.05, 0) is 42.1 Å². The summed E-state index contributed by atoms with van der Waals surface area (Å²) in [7, 11) is 0. The van der Waals surface area contributed by atoms with Gasteiger partial charge in [0.05, 0.1) is 19.3 Å². The first-order valence-corrected chi connectivity index (χ1v) is 9.90. The molecule has 0 spiro atoms. The van der Waals surface area contributed by atoms with Gasteiger partial charge in [-0.1, -0.05) is 17.7 Å². The number of halogens is 1. The maximum atomic E-state index is 12.2. The Morgan fingerprint density at radius 2 is 2.19 bits per heavy atom. The Bertz CT molecular complexity index is 718. The van der Waals surface area contributed by atoms with Crippen LogP contribution >= 0.6 is 22.9 Å². The van der Waals surface area contributed by atoms with Crippen molar-refractivity contribution < 1.29 is 14.3 Å². The summed E-state index contributed by atoms with van der Waals surface area (Å²) in [5.41, 5.74) is 0.912. The minimum Gasteiger partial charge on any atom is -0.484 e. The second-order valence-corrected chi connectivity index (χ2v) is 7.60. The molecule has 1 saturated heterocycles. The number of hydrogen-bond acceptors (Lipinski definition) is 5. The van der Waals surface area contributed by atoms with Crippen molar-refractivity contribution in [1.29, 1.82) is 0 Å². The number of nitrogens with zero attached hydrogens (tertiary/aromatic N) is 1. The summed E-state index contributed by atoms with van der Waals surface area (Å²) >= 11 is 7.65. The lowest BCUT2D eigenvalue weighted by atomic mass is 10.2. The van der Waals surface area contributed by atoms with Crippen LogP contribution in [0.4, 0.5) is 0 Å². The van der Waals surface area contributed by atoms with Crippen LogP contribution in [0.2, 0.25) is 5.02 Å². The van der Waals surface area contributed by atoms with Crippen LogP contribution in [-0.2, 0) is 9.53 Å². The standard InChI is InChI=1S/C19H23ClN2O3S/c1-14-11-15(20)4-5-17(14)25-13-19(23)21-12-16(18-3-2-10-26-18)22-6-8-24-9-7-22/h2-5,10-11,16H,6-9,12-13H2,1H3,(H,21,23)/t16-/m1/s1. The van der Waals surface area contributed by atoms with Gasteiger partial charge in [0, 0.05) is 29.5 Å². The fourth-order valence-corrected chi connectivity index (χ4v) is 4.05. The minimum atomic E-state index is -0.130. The fourth-order valence-electron chi connectivity index (χ4n) is 2.96. The van der Waals surface area contributed by atoms with Crippen LogP contribution in [-0.4, -0.2) is 50.3 Å². The second kappa shape index (κ2) is 9.37. The van der Waals surface area contributed by atoms with Crippen molar-refractivity contribution in [2.75, 3.05) is 39.5 Å². The number of rotatable bonds is 7. The third-order valence-corrected chi connectivity index (χ3v) is 5.56. The highest BCUT2D eigenvalue weighted by atomic mass is 35.5. The third-order valence-electron chi connectivity index (χ3n) is 4.35. The maximum absolute atomic E-state index is 12.2. The van der Waals surface area contributed by atoms with E-state index in [4.69, 9.17) is 21.1 Å². The first-order chi connectivity index (χ1) is 12.6. The lowest BCUT2D eigenvalue weighted by Gasteiger charge is -2.34. The molecule has 7 heteroatoms. The molecule has 1 aromatic heterocycles. The second-order valence-electron chi connectivity index (χ2n) is 6.18. The van der Waals surface area contributed by atoms with Gasteiger partial charge in [-0.15, -0.1) is 11.3 Å². The van der Waals surface area contributed by atoms with Crippen molar-refractivity contribution in [3.8, 4) is 5.75 Å². The van der Waals surface area contributed by atoms with E-state index in [-0.39, 0.29) is 18.6 Å². The maximum Gasteiger partial charge on any atom is 0.258 e. The van der Waals surface area contributed by atoms with Gasteiger partial charge in [-0.3, -0.25) is 9.69 Å². The van der Waals surface area contributed by atoms with Gasteiger partial charge in [0.15, 0.2) is 6.61 Å². The molecule has 1 amide bonds. The number of benzene rings is 1. The van der Waals surface area contributed by atoms with E-state index in [2.05, 4.69) is 21.7 Å². The van der Waals surface area contributed by atoms with Crippen LogP contribution < -0.4 is 10.1 Å². The Morgan fingerprint density at radius 3 is 2.88 bits per heavy atom. The summed E-state index contributed by atoms with van der Waals surface area (Å²) in [6, 6.07) is 9.69. The van der Waals surface area contributed by atoms with E-state index in [9.17, 15) is 4.79 Å². The molecule has 0 unspecified atom stereocenters. The van der Waals surface area contributed by atoms with E-state index >= 15 is 0 Å². The molecule has 1 fully saturated rings. The predicted molar refractivity (Wildman–Crippen MR) is 104 cm³/mol. The average Bonchev–Trinajstić information content (AvgIpc) is 3.16. The van der Waals surface area contributed by atoms with E-state index in [0.717, 1.165) is 31.9 Å². The number of hydrogen-bond donors (Lipinski definition) is 1. The Morgan fingerprint density at radius 1 is 1.38 bits per heavy atom. The van der Waals surface area contributed by atoms with E-state index in [1.54, 1.807) is 23.5 Å². The first kappa shape index (κ1) is 19.2. The zero-order valence-electron chi connectivity index (χ0n) is 14.7. The Hall–Kier alpha value is -1.60. The molecule has 1 aliphatic heterocycles. The van der Waals surface area contributed by atoms with Crippen LogP contribution in [0, 0.1) is 6.92 Å². The molecule has 5 nitrogen and oxygen atoms in total. The van der Waals surface area contributed by atoms with Gasteiger partial charge < -0.3 is 14.8 Å². The number of nitrogens with one attached hydrogen (secondary N) is 1. The summed E-state index contributed by atoms with van der Waals surface area (Å²) in [5.74, 6) is 0.543. The number of carbonyl (C=O) groups excluding carboxylic acids is 1. The summed E-state index contributed by atoms with van der Waals surface area (Å²) in [6.07, 6.45) is 0. The highest BCUT2D eigenvalue weighted by molar-refractivity contribution is 7.10.